The lowest BCUT2D eigenvalue weighted by Crippen LogP contribution is -2.55. The van der Waals surface area contributed by atoms with Gasteiger partial charge in [0.1, 0.15) is 17.7 Å². The summed E-state index contributed by atoms with van der Waals surface area (Å²) in [6.07, 6.45) is 4.90. The molecule has 3 unspecified atom stereocenters. The van der Waals surface area contributed by atoms with Gasteiger partial charge >= 0.3 is 6.09 Å². The number of anilines is 1. The first-order valence-corrected chi connectivity index (χ1v) is 16.0. The summed E-state index contributed by atoms with van der Waals surface area (Å²) in [5.74, 6) is -0.872. The smallest absolute Gasteiger partial charge is 0.408 e. The van der Waals surface area contributed by atoms with Crippen LogP contribution in [0.2, 0.25) is 5.02 Å². The minimum absolute atomic E-state index is 0.197. The van der Waals surface area contributed by atoms with E-state index in [2.05, 4.69) is 17.6 Å². The van der Waals surface area contributed by atoms with Crippen molar-refractivity contribution in [1.29, 1.82) is 0 Å². The normalized spacial score (nSPS) is 13.5. The van der Waals surface area contributed by atoms with Crippen molar-refractivity contribution < 1.29 is 19.1 Å². The molecule has 238 valence electrons. The maximum absolute atomic E-state index is 14.6. The highest BCUT2D eigenvalue weighted by Crippen LogP contribution is 2.31. The highest BCUT2D eigenvalue weighted by Gasteiger charge is 2.38. The average molecular weight is 614 g/mol. The van der Waals surface area contributed by atoms with Crippen molar-refractivity contribution in [3.05, 3.63) is 63.7 Å². The fourth-order valence-electron chi connectivity index (χ4n) is 4.94. The highest BCUT2D eigenvalue weighted by molar-refractivity contribution is 6.34. The second-order valence-corrected chi connectivity index (χ2v) is 13.0. The molecule has 3 amide bonds. The van der Waals surface area contributed by atoms with Gasteiger partial charge in [-0.2, -0.15) is 0 Å². The number of rotatable bonds is 14. The van der Waals surface area contributed by atoms with Gasteiger partial charge in [-0.3, -0.25) is 9.59 Å². The summed E-state index contributed by atoms with van der Waals surface area (Å²) < 4.78 is 5.53. The number of unbranched alkanes of at least 4 members (excludes halogenated alkanes) is 4. The topological polar surface area (TPSA) is 87.7 Å². The summed E-state index contributed by atoms with van der Waals surface area (Å²) in [7, 11) is 0. The van der Waals surface area contributed by atoms with E-state index in [9.17, 15) is 14.4 Å². The number of halogens is 1. The zero-order valence-electron chi connectivity index (χ0n) is 27.6. The van der Waals surface area contributed by atoms with Crippen LogP contribution in [0.5, 0.6) is 0 Å². The molecule has 7 nitrogen and oxygen atoms in total. The Kier molecular flexibility index (Phi) is 14.0. The maximum Gasteiger partial charge on any atom is 0.408 e. The van der Waals surface area contributed by atoms with Crippen LogP contribution in [0.4, 0.5) is 10.5 Å². The van der Waals surface area contributed by atoms with Crippen LogP contribution in [0.25, 0.3) is 0 Å². The van der Waals surface area contributed by atoms with Gasteiger partial charge in [0.15, 0.2) is 0 Å². The van der Waals surface area contributed by atoms with Crippen LogP contribution in [0.15, 0.2) is 36.4 Å². The zero-order valence-corrected chi connectivity index (χ0v) is 28.4. The molecule has 0 saturated heterocycles. The SMILES string of the molecule is CCCCCCCN(C(=O)C(NC(=O)OC(C)(C)C)C(C)CC)C(C(=O)Nc1c(C)cccc1Cl)c1ccc(C)c(C)c1. The highest BCUT2D eigenvalue weighted by atomic mass is 35.5. The van der Waals surface area contributed by atoms with Gasteiger partial charge in [0, 0.05) is 6.54 Å². The summed E-state index contributed by atoms with van der Waals surface area (Å²) in [6.45, 7) is 17.7. The van der Waals surface area contributed by atoms with Crippen LogP contribution in [-0.2, 0) is 14.3 Å². The Morgan fingerprint density at radius 3 is 2.19 bits per heavy atom. The van der Waals surface area contributed by atoms with E-state index in [1.54, 1.807) is 31.7 Å². The van der Waals surface area contributed by atoms with Crippen molar-refractivity contribution >= 4 is 35.2 Å². The number of aryl methyl sites for hydroxylation is 3. The van der Waals surface area contributed by atoms with E-state index in [4.69, 9.17) is 16.3 Å². The summed E-state index contributed by atoms with van der Waals surface area (Å²) in [5.41, 5.74) is 3.43. The Balaban J connectivity index is 2.63. The summed E-state index contributed by atoms with van der Waals surface area (Å²) in [5, 5.41) is 6.30. The molecule has 0 heterocycles. The Morgan fingerprint density at radius 1 is 0.930 bits per heavy atom. The third-order valence-corrected chi connectivity index (χ3v) is 8.13. The summed E-state index contributed by atoms with van der Waals surface area (Å²) in [4.78, 5) is 43.4. The number of alkyl carbamates (subject to hydrolysis) is 1. The number of nitrogens with zero attached hydrogens (tertiary/aromatic N) is 1. The van der Waals surface area contributed by atoms with Gasteiger partial charge in [0.25, 0.3) is 5.91 Å². The molecule has 8 heteroatoms. The van der Waals surface area contributed by atoms with Crippen LogP contribution < -0.4 is 10.6 Å². The number of benzene rings is 2. The zero-order chi connectivity index (χ0) is 32.3. The lowest BCUT2D eigenvalue weighted by Gasteiger charge is -2.36. The summed E-state index contributed by atoms with van der Waals surface area (Å²) >= 11 is 6.51. The van der Waals surface area contributed by atoms with Crippen LogP contribution in [0.3, 0.4) is 0 Å². The molecule has 0 aliphatic heterocycles. The first-order valence-electron chi connectivity index (χ1n) is 15.6. The molecule has 0 aliphatic rings. The first kappa shape index (κ1) is 36.1. The van der Waals surface area contributed by atoms with E-state index in [1.807, 2.05) is 65.0 Å². The third-order valence-electron chi connectivity index (χ3n) is 7.81. The van der Waals surface area contributed by atoms with E-state index in [1.165, 1.54) is 0 Å². The van der Waals surface area contributed by atoms with Crippen LogP contribution in [-0.4, -0.2) is 41.0 Å². The second kappa shape index (κ2) is 16.7. The summed E-state index contributed by atoms with van der Waals surface area (Å²) in [6, 6.07) is 9.47. The van der Waals surface area contributed by atoms with E-state index in [0.717, 1.165) is 48.8 Å². The Bertz CT molecular complexity index is 1220. The van der Waals surface area contributed by atoms with Crippen molar-refractivity contribution in [2.24, 2.45) is 5.92 Å². The van der Waals surface area contributed by atoms with Crippen molar-refractivity contribution in [3.63, 3.8) is 0 Å². The molecule has 43 heavy (non-hydrogen) atoms. The number of carbonyl (C=O) groups is 3. The first-order chi connectivity index (χ1) is 20.2. The molecule has 0 aliphatic carbocycles. The van der Waals surface area contributed by atoms with Gasteiger partial charge in [0.05, 0.1) is 10.7 Å². The number of hydrogen-bond donors (Lipinski definition) is 2. The Hall–Kier alpha value is -3.06. The molecule has 0 aromatic heterocycles. The fourth-order valence-corrected chi connectivity index (χ4v) is 5.21. The standard InChI is InChI=1S/C35H52ClN3O4/c1-10-12-13-14-15-21-39(33(41)30(23(3)11-2)38-34(42)43-35(7,8)9)31(27-20-19-24(4)26(6)22-27)32(40)37-29-25(5)17-16-18-28(29)36/h16-20,22-23,30-31H,10-15,21H2,1-9H3,(H,37,40)(H,38,42). The largest absolute Gasteiger partial charge is 0.444 e. The Labute approximate surface area is 264 Å². The molecule has 2 aromatic carbocycles. The van der Waals surface area contributed by atoms with Gasteiger partial charge in [-0.25, -0.2) is 4.79 Å². The molecular formula is C35H52ClN3O4. The molecule has 0 fully saturated rings. The van der Waals surface area contributed by atoms with Crippen molar-refractivity contribution in [3.8, 4) is 0 Å². The molecule has 0 bridgehead atoms. The molecule has 2 N–H and O–H groups in total. The number of hydrogen-bond acceptors (Lipinski definition) is 4. The van der Waals surface area contributed by atoms with E-state index >= 15 is 0 Å². The van der Waals surface area contributed by atoms with E-state index in [0.29, 0.717) is 29.2 Å². The van der Waals surface area contributed by atoms with Gasteiger partial charge in [-0.1, -0.05) is 94.8 Å². The van der Waals surface area contributed by atoms with Crippen LogP contribution in [0, 0.1) is 26.7 Å². The molecule has 2 rings (SSSR count). The minimum Gasteiger partial charge on any atom is -0.444 e. The molecule has 2 aromatic rings. The molecule has 0 saturated carbocycles. The number of para-hydroxylation sites is 1. The third kappa shape index (κ3) is 10.9. The predicted octanol–water partition coefficient (Wildman–Crippen LogP) is 8.68. The molecular weight excluding hydrogens is 562 g/mol. The van der Waals surface area contributed by atoms with Crippen LogP contribution in [0.1, 0.15) is 108 Å². The quantitative estimate of drug-likeness (QED) is 0.209. The van der Waals surface area contributed by atoms with Gasteiger partial charge in [-0.15, -0.1) is 0 Å². The molecule has 0 radical (unpaired) electrons. The van der Waals surface area contributed by atoms with Crippen molar-refractivity contribution in [1.82, 2.24) is 10.2 Å². The fraction of sp³-hybridized carbons (Fsp3) is 0.571. The van der Waals surface area contributed by atoms with Gasteiger partial charge in [0.2, 0.25) is 5.91 Å². The number of nitrogens with one attached hydrogen (secondary N) is 2. The lowest BCUT2D eigenvalue weighted by atomic mass is 9.94. The number of amides is 3. The van der Waals surface area contributed by atoms with E-state index < -0.39 is 23.8 Å². The van der Waals surface area contributed by atoms with Crippen molar-refractivity contribution in [2.75, 3.05) is 11.9 Å². The van der Waals surface area contributed by atoms with E-state index in [-0.39, 0.29) is 17.7 Å². The average Bonchev–Trinajstić information content (AvgIpc) is 2.93. The monoisotopic (exact) mass is 613 g/mol. The molecule has 0 spiro atoms. The minimum atomic E-state index is -0.944. The predicted molar refractivity (Wildman–Crippen MR) is 177 cm³/mol. The number of ether oxygens (including phenoxy) is 1. The van der Waals surface area contributed by atoms with Gasteiger partial charge < -0.3 is 20.3 Å². The van der Waals surface area contributed by atoms with Crippen molar-refractivity contribution in [2.45, 2.75) is 119 Å². The van der Waals surface area contributed by atoms with Crippen LogP contribution >= 0.6 is 11.6 Å². The Morgan fingerprint density at radius 2 is 1.60 bits per heavy atom. The number of carbonyl (C=O) groups excluding carboxylic acids is 3. The maximum atomic E-state index is 14.6. The lowest BCUT2D eigenvalue weighted by molar-refractivity contribution is -0.142. The van der Waals surface area contributed by atoms with Gasteiger partial charge in [-0.05, 0) is 82.2 Å². The second-order valence-electron chi connectivity index (χ2n) is 12.6. The molecule has 3 atom stereocenters.